The van der Waals surface area contributed by atoms with E-state index in [9.17, 15) is 5.11 Å². The quantitative estimate of drug-likeness (QED) is 0.756. The molecule has 0 aliphatic carbocycles. The molecule has 0 saturated heterocycles. The summed E-state index contributed by atoms with van der Waals surface area (Å²) in [4.78, 5) is 6.78. The number of rotatable bonds is 7. The Kier molecular flexibility index (Phi) is 5.09. The number of anilines is 1. The fourth-order valence-corrected chi connectivity index (χ4v) is 2.31. The molecule has 0 radical (unpaired) electrons. The first kappa shape index (κ1) is 14.5. The van der Waals surface area contributed by atoms with Crippen molar-refractivity contribution in [2.24, 2.45) is 0 Å². The van der Waals surface area contributed by atoms with Crippen LogP contribution < -0.4 is 10.2 Å². The first-order valence-electron chi connectivity index (χ1n) is 6.80. The normalized spacial score (nSPS) is 10.7. The van der Waals surface area contributed by atoms with Crippen molar-refractivity contribution in [3.8, 4) is 0 Å². The molecular formula is C16H21N3O. The minimum Gasteiger partial charge on any atom is -0.395 e. The van der Waals surface area contributed by atoms with Gasteiger partial charge in [-0.1, -0.05) is 30.3 Å². The van der Waals surface area contributed by atoms with E-state index in [-0.39, 0.29) is 6.61 Å². The molecule has 1 heterocycles. The van der Waals surface area contributed by atoms with Gasteiger partial charge < -0.3 is 15.3 Å². The van der Waals surface area contributed by atoms with Crippen molar-refractivity contribution in [2.45, 2.75) is 6.54 Å². The molecule has 1 aromatic heterocycles. The highest BCUT2D eigenvalue weighted by Gasteiger charge is 2.12. The fourth-order valence-electron chi connectivity index (χ4n) is 2.31. The molecule has 0 saturated carbocycles. The Balaban J connectivity index is 2.54. The molecule has 0 atom stereocenters. The van der Waals surface area contributed by atoms with E-state index in [0.717, 1.165) is 28.8 Å². The van der Waals surface area contributed by atoms with Crippen LogP contribution in [0.5, 0.6) is 0 Å². The highest BCUT2D eigenvalue weighted by atomic mass is 16.3. The zero-order chi connectivity index (χ0) is 14.4. The average molecular weight is 271 g/mol. The predicted octanol–water partition coefficient (Wildman–Crippen LogP) is 1.94. The van der Waals surface area contributed by atoms with Crippen molar-refractivity contribution in [3.63, 3.8) is 0 Å². The number of aromatic nitrogens is 1. The van der Waals surface area contributed by atoms with Gasteiger partial charge in [-0.15, -0.1) is 6.58 Å². The van der Waals surface area contributed by atoms with Gasteiger partial charge in [0.15, 0.2) is 0 Å². The lowest BCUT2D eigenvalue weighted by atomic mass is 10.1. The Labute approximate surface area is 119 Å². The SMILES string of the molecule is C=CCN(CCO)c1nc(CNC)cc2ccccc12. The monoisotopic (exact) mass is 271 g/mol. The van der Waals surface area contributed by atoms with Crippen molar-refractivity contribution in [1.29, 1.82) is 0 Å². The van der Waals surface area contributed by atoms with Crippen LogP contribution in [0.4, 0.5) is 5.82 Å². The minimum atomic E-state index is 0.0973. The number of hydrogen-bond donors (Lipinski definition) is 2. The third kappa shape index (κ3) is 3.15. The molecule has 2 aromatic rings. The van der Waals surface area contributed by atoms with Crippen LogP contribution >= 0.6 is 0 Å². The van der Waals surface area contributed by atoms with Gasteiger partial charge in [0.1, 0.15) is 5.82 Å². The molecule has 0 unspecified atom stereocenters. The molecule has 0 bridgehead atoms. The van der Waals surface area contributed by atoms with Crippen LogP contribution in [0.3, 0.4) is 0 Å². The van der Waals surface area contributed by atoms with Crippen molar-refractivity contribution < 1.29 is 5.11 Å². The van der Waals surface area contributed by atoms with E-state index in [1.807, 2.05) is 25.3 Å². The van der Waals surface area contributed by atoms with Crippen LogP contribution in [0, 0.1) is 0 Å². The van der Waals surface area contributed by atoms with Gasteiger partial charge in [-0.05, 0) is 18.5 Å². The van der Waals surface area contributed by atoms with Crippen LogP contribution in [0.15, 0.2) is 43.0 Å². The summed E-state index contributed by atoms with van der Waals surface area (Å²) >= 11 is 0. The lowest BCUT2D eigenvalue weighted by molar-refractivity contribution is 0.303. The van der Waals surface area contributed by atoms with Crippen molar-refractivity contribution >= 4 is 16.6 Å². The third-order valence-corrected chi connectivity index (χ3v) is 3.15. The largest absolute Gasteiger partial charge is 0.395 e. The summed E-state index contributed by atoms with van der Waals surface area (Å²) in [5.41, 5.74) is 0.994. The standard InChI is InChI=1S/C16H21N3O/c1-3-8-19(9-10-20)16-15-7-5-4-6-13(15)11-14(18-16)12-17-2/h3-7,11,17,20H,1,8-10,12H2,2H3. The van der Waals surface area contributed by atoms with Gasteiger partial charge in [0.25, 0.3) is 0 Å². The maximum atomic E-state index is 9.25. The third-order valence-electron chi connectivity index (χ3n) is 3.15. The zero-order valence-electron chi connectivity index (χ0n) is 11.8. The number of pyridine rings is 1. The van der Waals surface area contributed by atoms with Crippen LogP contribution in [-0.2, 0) is 6.54 Å². The lowest BCUT2D eigenvalue weighted by Gasteiger charge is -2.23. The summed E-state index contributed by atoms with van der Waals surface area (Å²) in [6.07, 6.45) is 1.83. The van der Waals surface area contributed by atoms with E-state index in [0.29, 0.717) is 13.1 Å². The molecular weight excluding hydrogens is 250 g/mol. The Morgan fingerprint density at radius 1 is 1.40 bits per heavy atom. The number of aliphatic hydroxyl groups excluding tert-OH is 1. The van der Waals surface area contributed by atoms with E-state index < -0.39 is 0 Å². The number of nitrogens with zero attached hydrogens (tertiary/aromatic N) is 2. The lowest BCUT2D eigenvalue weighted by Crippen LogP contribution is -2.28. The number of aliphatic hydroxyl groups is 1. The number of fused-ring (bicyclic) bond motifs is 1. The number of benzene rings is 1. The maximum absolute atomic E-state index is 9.25. The van der Waals surface area contributed by atoms with E-state index in [1.54, 1.807) is 0 Å². The fraction of sp³-hybridized carbons (Fsp3) is 0.312. The second kappa shape index (κ2) is 7.03. The van der Waals surface area contributed by atoms with Gasteiger partial charge >= 0.3 is 0 Å². The Morgan fingerprint density at radius 3 is 2.90 bits per heavy atom. The molecule has 2 rings (SSSR count). The Hall–Kier alpha value is -1.91. The van der Waals surface area contributed by atoms with E-state index >= 15 is 0 Å². The van der Waals surface area contributed by atoms with E-state index in [4.69, 9.17) is 4.98 Å². The smallest absolute Gasteiger partial charge is 0.137 e. The van der Waals surface area contributed by atoms with Gasteiger partial charge in [0, 0.05) is 25.0 Å². The summed E-state index contributed by atoms with van der Waals surface area (Å²) in [5.74, 6) is 0.905. The van der Waals surface area contributed by atoms with Crippen LogP contribution in [-0.4, -0.2) is 36.8 Å². The first-order valence-corrected chi connectivity index (χ1v) is 6.80. The summed E-state index contributed by atoms with van der Waals surface area (Å²) in [7, 11) is 1.91. The summed E-state index contributed by atoms with van der Waals surface area (Å²) < 4.78 is 0. The molecule has 4 nitrogen and oxygen atoms in total. The Bertz CT molecular complexity index is 583. The molecule has 1 aromatic carbocycles. The van der Waals surface area contributed by atoms with Crippen molar-refractivity contribution in [1.82, 2.24) is 10.3 Å². The molecule has 20 heavy (non-hydrogen) atoms. The van der Waals surface area contributed by atoms with E-state index in [2.05, 4.69) is 35.0 Å². The summed E-state index contributed by atoms with van der Waals surface area (Å²) in [6.45, 7) is 5.82. The van der Waals surface area contributed by atoms with Crippen LogP contribution in [0.2, 0.25) is 0 Å². The molecule has 0 fully saturated rings. The van der Waals surface area contributed by atoms with Gasteiger partial charge in [0.05, 0.1) is 12.3 Å². The predicted molar refractivity (Wildman–Crippen MR) is 84.0 cm³/mol. The zero-order valence-corrected chi connectivity index (χ0v) is 11.8. The number of nitrogens with one attached hydrogen (secondary N) is 1. The van der Waals surface area contributed by atoms with Gasteiger partial charge in [-0.25, -0.2) is 4.98 Å². The molecule has 0 amide bonds. The van der Waals surface area contributed by atoms with Gasteiger partial charge in [-0.3, -0.25) is 0 Å². The number of hydrogen-bond acceptors (Lipinski definition) is 4. The second-order valence-electron chi connectivity index (χ2n) is 4.65. The molecule has 0 spiro atoms. The second-order valence-corrected chi connectivity index (χ2v) is 4.65. The first-order chi connectivity index (χ1) is 9.80. The summed E-state index contributed by atoms with van der Waals surface area (Å²) in [5, 5.41) is 14.6. The van der Waals surface area contributed by atoms with Crippen molar-refractivity contribution in [2.75, 3.05) is 31.6 Å². The maximum Gasteiger partial charge on any atom is 0.137 e. The highest BCUT2D eigenvalue weighted by molar-refractivity contribution is 5.92. The minimum absolute atomic E-state index is 0.0973. The van der Waals surface area contributed by atoms with Gasteiger partial charge in [-0.2, -0.15) is 0 Å². The van der Waals surface area contributed by atoms with Gasteiger partial charge in [0.2, 0.25) is 0 Å². The molecule has 4 heteroatoms. The topological polar surface area (TPSA) is 48.4 Å². The van der Waals surface area contributed by atoms with Crippen molar-refractivity contribution in [3.05, 3.63) is 48.7 Å². The average Bonchev–Trinajstić information content (AvgIpc) is 2.46. The molecule has 106 valence electrons. The Morgan fingerprint density at radius 2 is 2.20 bits per heavy atom. The molecule has 0 aliphatic heterocycles. The van der Waals surface area contributed by atoms with E-state index in [1.165, 1.54) is 0 Å². The van der Waals surface area contributed by atoms with Crippen LogP contribution in [0.25, 0.3) is 10.8 Å². The highest BCUT2D eigenvalue weighted by Crippen LogP contribution is 2.25. The molecule has 0 aliphatic rings. The molecule has 2 N–H and O–H groups in total. The van der Waals surface area contributed by atoms with Crippen LogP contribution in [0.1, 0.15) is 5.69 Å². The summed E-state index contributed by atoms with van der Waals surface area (Å²) in [6, 6.07) is 10.3.